The molecule has 0 fully saturated rings. The number of tetrazole rings is 1. The highest BCUT2D eigenvalue weighted by atomic mass is 16.5. The predicted octanol–water partition coefficient (Wildman–Crippen LogP) is 4.20. The molecule has 0 aliphatic rings. The van der Waals surface area contributed by atoms with Crippen molar-refractivity contribution in [3.05, 3.63) is 101 Å². The highest BCUT2D eigenvalue weighted by Gasteiger charge is 2.26. The Morgan fingerprint density at radius 2 is 1.73 bits per heavy atom. The zero-order chi connectivity index (χ0) is 20.9. The van der Waals surface area contributed by atoms with Crippen LogP contribution in [0.5, 0.6) is 5.75 Å². The molecule has 0 bridgehead atoms. The molecule has 0 saturated carbocycles. The predicted molar refractivity (Wildman–Crippen MR) is 117 cm³/mol. The van der Waals surface area contributed by atoms with Crippen molar-refractivity contribution >= 4 is 0 Å². The first-order valence-electron chi connectivity index (χ1n) is 9.90. The van der Waals surface area contributed by atoms with E-state index in [4.69, 9.17) is 4.74 Å². The summed E-state index contributed by atoms with van der Waals surface area (Å²) in [5, 5.41) is 12.8. The largest absolute Gasteiger partial charge is 0.497 e. The minimum absolute atomic E-state index is 0.119. The second-order valence-electron chi connectivity index (χ2n) is 7.32. The molecule has 0 spiro atoms. The average Bonchev–Trinajstić information content (AvgIpc) is 3.24. The van der Waals surface area contributed by atoms with Crippen LogP contribution >= 0.6 is 0 Å². The van der Waals surface area contributed by atoms with Gasteiger partial charge in [0.1, 0.15) is 5.75 Å². The van der Waals surface area contributed by atoms with Crippen molar-refractivity contribution in [1.82, 2.24) is 25.1 Å². The van der Waals surface area contributed by atoms with Crippen LogP contribution in [0.1, 0.15) is 28.6 Å². The fourth-order valence-electron chi connectivity index (χ4n) is 3.72. The Labute approximate surface area is 176 Å². The van der Waals surface area contributed by atoms with Crippen LogP contribution in [0.25, 0.3) is 5.69 Å². The summed E-state index contributed by atoms with van der Waals surface area (Å²) in [5.74, 6) is 1.63. The Morgan fingerprint density at radius 3 is 2.50 bits per heavy atom. The quantitative estimate of drug-likeness (QED) is 0.466. The molecule has 0 aliphatic heterocycles. The molecule has 4 aromatic rings. The van der Waals surface area contributed by atoms with Gasteiger partial charge in [0.15, 0.2) is 5.82 Å². The molecule has 6 nitrogen and oxygen atoms in total. The molecule has 1 aromatic heterocycles. The SMILES string of the molecule is COc1cccc(CN(C)[C@@H](c2ccccc2)c2nnnn2-c2ccccc2C)c1. The first-order valence-corrected chi connectivity index (χ1v) is 9.90. The van der Waals surface area contributed by atoms with Crippen LogP contribution in [0.4, 0.5) is 0 Å². The number of aromatic nitrogens is 4. The summed E-state index contributed by atoms with van der Waals surface area (Å²) >= 11 is 0. The fourth-order valence-corrected chi connectivity index (χ4v) is 3.72. The maximum atomic E-state index is 5.39. The van der Waals surface area contributed by atoms with Crippen molar-refractivity contribution in [2.75, 3.05) is 14.2 Å². The van der Waals surface area contributed by atoms with Gasteiger partial charge >= 0.3 is 0 Å². The van der Waals surface area contributed by atoms with E-state index in [1.54, 1.807) is 7.11 Å². The van der Waals surface area contributed by atoms with Crippen molar-refractivity contribution in [2.24, 2.45) is 0 Å². The van der Waals surface area contributed by atoms with Crippen molar-refractivity contribution in [3.63, 3.8) is 0 Å². The van der Waals surface area contributed by atoms with Crippen molar-refractivity contribution in [2.45, 2.75) is 19.5 Å². The number of benzene rings is 3. The summed E-state index contributed by atoms with van der Waals surface area (Å²) in [5.41, 5.74) is 4.39. The van der Waals surface area contributed by atoms with Crippen LogP contribution in [0.2, 0.25) is 0 Å². The molecule has 0 radical (unpaired) electrons. The van der Waals surface area contributed by atoms with Gasteiger partial charge in [0.25, 0.3) is 0 Å². The summed E-state index contributed by atoms with van der Waals surface area (Å²) in [4.78, 5) is 2.25. The van der Waals surface area contributed by atoms with E-state index < -0.39 is 0 Å². The van der Waals surface area contributed by atoms with Crippen LogP contribution < -0.4 is 4.74 Å². The van der Waals surface area contributed by atoms with Gasteiger partial charge < -0.3 is 4.74 Å². The standard InChI is InChI=1S/C24H25N5O/c1-18-10-7-8-15-22(18)29-24(25-26-27-29)23(20-12-5-4-6-13-20)28(2)17-19-11-9-14-21(16-19)30-3/h4-16,23H,17H2,1-3H3/t23-/m0/s1. The molecule has 0 saturated heterocycles. The normalized spacial score (nSPS) is 12.1. The van der Waals surface area contributed by atoms with Gasteiger partial charge in [0.2, 0.25) is 0 Å². The Kier molecular flexibility index (Phi) is 5.86. The van der Waals surface area contributed by atoms with Crippen LogP contribution in [-0.2, 0) is 6.54 Å². The van der Waals surface area contributed by atoms with Gasteiger partial charge in [-0.25, -0.2) is 0 Å². The number of rotatable bonds is 7. The number of ether oxygens (including phenoxy) is 1. The average molecular weight is 399 g/mol. The van der Waals surface area contributed by atoms with Gasteiger partial charge in [-0.1, -0.05) is 60.7 Å². The summed E-state index contributed by atoms with van der Waals surface area (Å²) < 4.78 is 7.23. The van der Waals surface area contributed by atoms with E-state index in [0.29, 0.717) is 0 Å². The first-order chi connectivity index (χ1) is 14.7. The van der Waals surface area contributed by atoms with Gasteiger partial charge in [0, 0.05) is 6.54 Å². The lowest BCUT2D eigenvalue weighted by molar-refractivity contribution is 0.258. The second kappa shape index (κ2) is 8.88. The maximum Gasteiger partial charge on any atom is 0.178 e. The Balaban J connectivity index is 1.75. The van der Waals surface area contributed by atoms with Crippen LogP contribution in [0.3, 0.4) is 0 Å². The molecule has 3 aromatic carbocycles. The van der Waals surface area contributed by atoms with Crippen LogP contribution in [-0.4, -0.2) is 39.3 Å². The van der Waals surface area contributed by atoms with Crippen molar-refractivity contribution in [3.8, 4) is 11.4 Å². The first kappa shape index (κ1) is 19.8. The summed E-state index contributed by atoms with van der Waals surface area (Å²) in [6.45, 7) is 2.79. The zero-order valence-corrected chi connectivity index (χ0v) is 17.4. The molecule has 0 N–H and O–H groups in total. The monoisotopic (exact) mass is 399 g/mol. The van der Waals surface area contributed by atoms with E-state index in [1.165, 1.54) is 0 Å². The van der Waals surface area contributed by atoms with Gasteiger partial charge in [-0.2, -0.15) is 4.68 Å². The Hall–Kier alpha value is -3.51. The maximum absolute atomic E-state index is 5.39. The molecule has 0 unspecified atom stereocenters. The number of aryl methyl sites for hydroxylation is 1. The Bertz CT molecular complexity index is 1110. The highest BCUT2D eigenvalue weighted by molar-refractivity contribution is 5.41. The minimum atomic E-state index is -0.119. The third-order valence-electron chi connectivity index (χ3n) is 5.20. The summed E-state index contributed by atoms with van der Waals surface area (Å²) in [7, 11) is 3.78. The molecule has 0 amide bonds. The third-order valence-corrected chi connectivity index (χ3v) is 5.20. The molecule has 152 valence electrons. The third kappa shape index (κ3) is 4.09. The van der Waals surface area contributed by atoms with E-state index in [-0.39, 0.29) is 6.04 Å². The highest BCUT2D eigenvalue weighted by Crippen LogP contribution is 2.29. The summed E-state index contributed by atoms with van der Waals surface area (Å²) in [6, 6.07) is 26.5. The van der Waals surface area contributed by atoms with Gasteiger partial charge in [0.05, 0.1) is 18.8 Å². The fraction of sp³-hybridized carbons (Fsp3) is 0.208. The number of para-hydroxylation sites is 1. The lowest BCUT2D eigenvalue weighted by Crippen LogP contribution is -2.28. The van der Waals surface area contributed by atoms with E-state index in [9.17, 15) is 0 Å². The molecule has 6 heteroatoms. The Morgan fingerprint density at radius 1 is 0.967 bits per heavy atom. The number of nitrogens with zero attached hydrogens (tertiary/aromatic N) is 5. The van der Waals surface area contributed by atoms with E-state index >= 15 is 0 Å². The van der Waals surface area contributed by atoms with Crippen LogP contribution in [0, 0.1) is 6.92 Å². The topological polar surface area (TPSA) is 56.1 Å². The zero-order valence-electron chi connectivity index (χ0n) is 17.4. The number of hydrogen-bond acceptors (Lipinski definition) is 5. The van der Waals surface area contributed by atoms with E-state index in [0.717, 1.165) is 40.5 Å². The minimum Gasteiger partial charge on any atom is -0.497 e. The molecule has 1 heterocycles. The molecule has 4 rings (SSSR count). The second-order valence-corrected chi connectivity index (χ2v) is 7.32. The molecule has 0 aliphatic carbocycles. The molecule has 30 heavy (non-hydrogen) atoms. The molecular weight excluding hydrogens is 374 g/mol. The van der Waals surface area contributed by atoms with E-state index in [1.807, 2.05) is 53.2 Å². The lowest BCUT2D eigenvalue weighted by Gasteiger charge is -2.28. The van der Waals surface area contributed by atoms with Gasteiger partial charge in [-0.3, -0.25) is 4.90 Å². The van der Waals surface area contributed by atoms with Crippen LogP contribution in [0.15, 0.2) is 78.9 Å². The summed E-state index contributed by atoms with van der Waals surface area (Å²) in [6.07, 6.45) is 0. The molecule has 1 atom stereocenters. The number of hydrogen-bond donors (Lipinski definition) is 0. The van der Waals surface area contributed by atoms with E-state index in [2.05, 4.69) is 64.7 Å². The van der Waals surface area contributed by atoms with Gasteiger partial charge in [-0.05, 0) is 59.3 Å². The van der Waals surface area contributed by atoms with Gasteiger partial charge in [-0.15, -0.1) is 5.10 Å². The van der Waals surface area contributed by atoms with Crippen molar-refractivity contribution in [1.29, 1.82) is 0 Å². The number of methoxy groups -OCH3 is 1. The smallest absolute Gasteiger partial charge is 0.178 e. The molecular formula is C24H25N5O. The van der Waals surface area contributed by atoms with Crippen molar-refractivity contribution < 1.29 is 4.74 Å². The lowest BCUT2D eigenvalue weighted by atomic mass is 10.0.